The summed E-state index contributed by atoms with van der Waals surface area (Å²) in [6.45, 7) is 4.81. The van der Waals surface area contributed by atoms with Crippen LogP contribution in [0.3, 0.4) is 0 Å². The Kier molecular flexibility index (Phi) is 7.98. The normalized spacial score (nSPS) is 22.7. The zero-order valence-electron chi connectivity index (χ0n) is 41.5. The van der Waals surface area contributed by atoms with Crippen LogP contribution in [0.1, 0.15) is 90.5 Å². The fraction of sp³-hybridized carbons (Fsp3) is 0.194. The van der Waals surface area contributed by atoms with E-state index in [-0.39, 0.29) is 10.8 Å². The first-order chi connectivity index (χ1) is 35.9. The lowest BCUT2D eigenvalue weighted by Gasteiger charge is -2.61. The molecule has 0 aromatic heterocycles. The SMILES string of the molecule is CC1(C)c2ccccc2-c2ccc(N(c3ccc4c(c3)-c3ccccc3C43c4ccccc4-c4ccccc43)c3ccc(-c4ccc5c(c4)C4(c6ccccc6-5)C5CC6CC(C5)CC4C6)c4ccccc34)cc21. The molecule has 0 radical (unpaired) electrons. The van der Waals surface area contributed by atoms with Crippen LogP contribution in [0.2, 0.25) is 0 Å². The first kappa shape index (κ1) is 40.8. The van der Waals surface area contributed by atoms with Gasteiger partial charge in [-0.1, -0.05) is 190 Å². The van der Waals surface area contributed by atoms with Crippen LogP contribution in [0.5, 0.6) is 0 Å². The molecule has 0 amide bonds. The summed E-state index contributed by atoms with van der Waals surface area (Å²) in [5.74, 6) is 3.28. The average molecular weight is 934 g/mol. The van der Waals surface area contributed by atoms with Gasteiger partial charge >= 0.3 is 0 Å². The molecule has 1 nitrogen and oxygen atoms in total. The number of fused-ring (bicyclic) bond motifs is 17. The Morgan fingerprint density at radius 3 is 1.44 bits per heavy atom. The zero-order chi connectivity index (χ0) is 48.0. The van der Waals surface area contributed by atoms with Crippen LogP contribution in [-0.2, 0) is 16.2 Å². The molecule has 348 valence electrons. The van der Waals surface area contributed by atoms with E-state index in [0.717, 1.165) is 29.4 Å². The zero-order valence-corrected chi connectivity index (χ0v) is 41.5. The van der Waals surface area contributed by atoms with Crippen molar-refractivity contribution in [3.63, 3.8) is 0 Å². The second kappa shape index (κ2) is 14.3. The third-order valence-corrected chi connectivity index (χ3v) is 20.1. The summed E-state index contributed by atoms with van der Waals surface area (Å²) in [5, 5.41) is 2.55. The Hall–Kier alpha value is -7.74. The van der Waals surface area contributed by atoms with Crippen molar-refractivity contribution in [2.45, 2.75) is 62.2 Å². The van der Waals surface area contributed by atoms with Crippen molar-refractivity contribution in [2.24, 2.45) is 23.7 Å². The summed E-state index contributed by atoms with van der Waals surface area (Å²) in [4.78, 5) is 2.58. The highest BCUT2D eigenvalue weighted by Gasteiger charge is 2.61. The van der Waals surface area contributed by atoms with E-state index in [1.165, 1.54) is 143 Å². The number of nitrogens with zero attached hydrogens (tertiary/aromatic N) is 1. The molecule has 0 unspecified atom stereocenters. The van der Waals surface area contributed by atoms with Gasteiger partial charge in [0.25, 0.3) is 0 Å². The van der Waals surface area contributed by atoms with E-state index in [0.29, 0.717) is 0 Å². The minimum absolute atomic E-state index is 0.121. The lowest BCUT2D eigenvalue weighted by Crippen LogP contribution is -2.55. The molecule has 0 heterocycles. The fourth-order valence-electron chi connectivity index (χ4n) is 17.5. The van der Waals surface area contributed by atoms with Gasteiger partial charge in [0.05, 0.1) is 11.1 Å². The Morgan fingerprint density at radius 1 is 0.329 bits per heavy atom. The van der Waals surface area contributed by atoms with E-state index in [9.17, 15) is 0 Å². The molecule has 4 bridgehead atoms. The second-order valence-corrected chi connectivity index (χ2v) is 23.5. The van der Waals surface area contributed by atoms with Gasteiger partial charge in [-0.15, -0.1) is 0 Å². The number of hydrogen-bond donors (Lipinski definition) is 0. The van der Waals surface area contributed by atoms with Gasteiger partial charge in [-0.05, 0) is 198 Å². The van der Waals surface area contributed by atoms with Crippen molar-refractivity contribution >= 4 is 27.8 Å². The van der Waals surface area contributed by atoms with Crippen molar-refractivity contribution in [3.8, 4) is 55.6 Å². The van der Waals surface area contributed by atoms with Crippen molar-refractivity contribution < 1.29 is 0 Å². The molecule has 1 heteroatoms. The molecular formula is C72H55N. The summed E-state index contributed by atoms with van der Waals surface area (Å²) in [6, 6.07) is 82.5. The first-order valence-electron chi connectivity index (χ1n) is 27.2. The third kappa shape index (κ3) is 5.04. The van der Waals surface area contributed by atoms with Crippen molar-refractivity contribution in [2.75, 3.05) is 4.90 Å². The quantitative estimate of drug-likeness (QED) is 0.170. The van der Waals surface area contributed by atoms with Gasteiger partial charge in [0.15, 0.2) is 0 Å². The molecule has 0 saturated heterocycles. The predicted molar refractivity (Wildman–Crippen MR) is 301 cm³/mol. The highest BCUT2D eigenvalue weighted by Crippen LogP contribution is 2.70. The Balaban J connectivity index is 0.875. The van der Waals surface area contributed by atoms with E-state index >= 15 is 0 Å². The maximum absolute atomic E-state index is 2.67. The number of benzene rings is 10. The van der Waals surface area contributed by atoms with Gasteiger partial charge < -0.3 is 4.90 Å². The molecule has 0 N–H and O–H groups in total. The molecule has 73 heavy (non-hydrogen) atoms. The van der Waals surface area contributed by atoms with Crippen LogP contribution in [0.25, 0.3) is 66.4 Å². The first-order valence-corrected chi connectivity index (χ1v) is 27.2. The smallest absolute Gasteiger partial charge is 0.0725 e. The Morgan fingerprint density at radius 2 is 0.781 bits per heavy atom. The molecule has 8 aliphatic carbocycles. The molecule has 0 aliphatic heterocycles. The highest BCUT2D eigenvalue weighted by molar-refractivity contribution is 6.07. The van der Waals surface area contributed by atoms with Crippen LogP contribution in [-0.4, -0.2) is 0 Å². The van der Waals surface area contributed by atoms with Crippen molar-refractivity contribution in [1.82, 2.24) is 0 Å². The standard InChI is InChI=1S/C72H55N/c1-70(2)61-22-10-5-16-52(61)57-31-28-49(42-67(57)70)73(48-29-33-66-60(41-48)56-20-9-14-26-65(56)72(66)63-24-12-7-17-53(63)54-18-8-13-25-64(54)72)69-34-32-50(51-15-3-4-21-59(51)69)45-27-30-58-55-19-6-11-23-62(55)71(68(58)40-45)46-36-43-35-44(38-46)39-47(71)37-43/h3-34,40-44,46-47H,35-39H2,1-2H3. The van der Waals surface area contributed by atoms with E-state index in [1.807, 2.05) is 0 Å². The lowest BCUT2D eigenvalue weighted by atomic mass is 9.43. The van der Waals surface area contributed by atoms with E-state index in [4.69, 9.17) is 0 Å². The average Bonchev–Trinajstić information content (AvgIpc) is 4.16. The molecule has 10 aromatic carbocycles. The van der Waals surface area contributed by atoms with Crippen LogP contribution < -0.4 is 4.90 Å². The summed E-state index contributed by atoms with van der Waals surface area (Å²) in [7, 11) is 0. The number of rotatable bonds is 4. The summed E-state index contributed by atoms with van der Waals surface area (Å²) >= 11 is 0. The maximum atomic E-state index is 2.67. The predicted octanol–water partition coefficient (Wildman–Crippen LogP) is 18.3. The van der Waals surface area contributed by atoms with Gasteiger partial charge in [-0.3, -0.25) is 0 Å². The van der Waals surface area contributed by atoms with Crippen LogP contribution in [0.4, 0.5) is 17.1 Å². The Labute approximate surface area is 428 Å². The molecule has 2 spiro atoms. The molecule has 0 atom stereocenters. The molecule has 10 aromatic rings. The number of anilines is 3. The highest BCUT2D eigenvalue weighted by atomic mass is 15.1. The van der Waals surface area contributed by atoms with Crippen LogP contribution >= 0.6 is 0 Å². The molecular weight excluding hydrogens is 879 g/mol. The van der Waals surface area contributed by atoms with Gasteiger partial charge in [-0.2, -0.15) is 0 Å². The maximum Gasteiger partial charge on any atom is 0.0725 e. The van der Waals surface area contributed by atoms with Gasteiger partial charge in [0.2, 0.25) is 0 Å². The van der Waals surface area contributed by atoms with Gasteiger partial charge in [0.1, 0.15) is 0 Å². The van der Waals surface area contributed by atoms with Crippen LogP contribution in [0.15, 0.2) is 212 Å². The number of hydrogen-bond acceptors (Lipinski definition) is 1. The minimum Gasteiger partial charge on any atom is -0.310 e. The summed E-state index contributed by atoms with van der Waals surface area (Å²) < 4.78 is 0. The van der Waals surface area contributed by atoms with E-state index in [2.05, 4.69) is 231 Å². The van der Waals surface area contributed by atoms with Gasteiger partial charge in [0, 0.05) is 27.6 Å². The van der Waals surface area contributed by atoms with E-state index in [1.54, 1.807) is 11.1 Å². The summed E-state index contributed by atoms with van der Waals surface area (Å²) in [5.41, 5.74) is 28.2. The van der Waals surface area contributed by atoms with E-state index < -0.39 is 5.41 Å². The molecule has 18 rings (SSSR count). The largest absolute Gasteiger partial charge is 0.310 e. The monoisotopic (exact) mass is 933 g/mol. The fourth-order valence-corrected chi connectivity index (χ4v) is 17.5. The third-order valence-electron chi connectivity index (χ3n) is 20.1. The van der Waals surface area contributed by atoms with Crippen molar-refractivity contribution in [1.29, 1.82) is 0 Å². The molecule has 4 fully saturated rings. The van der Waals surface area contributed by atoms with Gasteiger partial charge in [-0.25, -0.2) is 0 Å². The Bertz CT molecular complexity index is 3980. The topological polar surface area (TPSA) is 3.24 Å². The van der Waals surface area contributed by atoms with Crippen molar-refractivity contribution in [3.05, 3.63) is 257 Å². The second-order valence-electron chi connectivity index (χ2n) is 23.5. The molecule has 4 saturated carbocycles. The molecule has 8 aliphatic rings. The summed E-state index contributed by atoms with van der Waals surface area (Å²) in [6.07, 6.45) is 7.02. The lowest BCUT2D eigenvalue weighted by molar-refractivity contribution is -0.0399. The van der Waals surface area contributed by atoms with Crippen LogP contribution in [0, 0.1) is 23.7 Å². The minimum atomic E-state index is -0.396.